The molecule has 5 heteroatoms. The molecule has 0 unspecified atom stereocenters. The summed E-state index contributed by atoms with van der Waals surface area (Å²) in [7, 11) is 0. The minimum absolute atomic E-state index is 0.0547. The van der Waals surface area contributed by atoms with E-state index in [0.717, 1.165) is 29.7 Å². The minimum Gasteiger partial charge on any atom is -0.490 e. The average Bonchev–Trinajstić information content (AvgIpc) is 2.98. The van der Waals surface area contributed by atoms with E-state index < -0.39 is 6.10 Å². The zero-order valence-corrected chi connectivity index (χ0v) is 15.2. The van der Waals surface area contributed by atoms with Gasteiger partial charge >= 0.3 is 0 Å². The number of Topliss-reactive ketones (excluding diaryl/α,β-unsaturated/α-hetero) is 1. The van der Waals surface area contributed by atoms with Crippen LogP contribution >= 0.6 is 0 Å². The molecule has 136 valence electrons. The molecule has 0 aliphatic rings. The van der Waals surface area contributed by atoms with Crippen molar-refractivity contribution in [2.45, 2.75) is 39.3 Å². The third-order valence-corrected chi connectivity index (χ3v) is 4.30. The van der Waals surface area contributed by atoms with E-state index in [0.29, 0.717) is 17.9 Å². The number of carbonyl (C=O) groups is 1. The van der Waals surface area contributed by atoms with Gasteiger partial charge in [-0.2, -0.15) is 0 Å². The number of ether oxygens (including phenoxy) is 1. The molecule has 1 aromatic heterocycles. The molecule has 0 spiro atoms. The Morgan fingerprint density at radius 1 is 1.19 bits per heavy atom. The molecule has 0 bridgehead atoms. The number of nitrogens with zero attached hydrogens (tertiary/aromatic N) is 2. The van der Waals surface area contributed by atoms with Crippen molar-refractivity contribution >= 4 is 16.8 Å². The smallest absolute Gasteiger partial charge is 0.163 e. The van der Waals surface area contributed by atoms with Crippen LogP contribution in [0.1, 0.15) is 36.5 Å². The number of imidazole rings is 1. The van der Waals surface area contributed by atoms with Crippen LogP contribution in [0, 0.1) is 0 Å². The molecule has 5 nitrogen and oxygen atoms in total. The van der Waals surface area contributed by atoms with Gasteiger partial charge in [0.25, 0.3) is 0 Å². The second kappa shape index (κ2) is 8.15. The van der Waals surface area contributed by atoms with Crippen LogP contribution in [0.2, 0.25) is 0 Å². The largest absolute Gasteiger partial charge is 0.490 e. The van der Waals surface area contributed by atoms with E-state index in [-0.39, 0.29) is 12.4 Å². The molecule has 0 amide bonds. The maximum absolute atomic E-state index is 11.7. The third kappa shape index (κ3) is 3.94. The zero-order chi connectivity index (χ0) is 18.5. The summed E-state index contributed by atoms with van der Waals surface area (Å²) in [5.74, 6) is 1.42. The van der Waals surface area contributed by atoms with Gasteiger partial charge in [0.05, 0.1) is 23.1 Å². The molecular weight excluding hydrogens is 328 g/mol. The van der Waals surface area contributed by atoms with Gasteiger partial charge in [0.2, 0.25) is 0 Å². The third-order valence-electron chi connectivity index (χ3n) is 4.30. The highest BCUT2D eigenvalue weighted by Crippen LogP contribution is 2.20. The first-order valence-electron chi connectivity index (χ1n) is 8.95. The molecule has 1 heterocycles. The Bertz CT molecular complexity index is 901. The first-order chi connectivity index (χ1) is 12.6. The second-order valence-corrected chi connectivity index (χ2v) is 6.39. The monoisotopic (exact) mass is 352 g/mol. The second-order valence-electron chi connectivity index (χ2n) is 6.39. The summed E-state index contributed by atoms with van der Waals surface area (Å²) in [4.78, 5) is 16.4. The van der Waals surface area contributed by atoms with Gasteiger partial charge in [0, 0.05) is 6.42 Å². The Morgan fingerprint density at radius 2 is 1.92 bits per heavy atom. The Kier molecular flexibility index (Phi) is 5.68. The van der Waals surface area contributed by atoms with E-state index in [1.54, 1.807) is 18.2 Å². The van der Waals surface area contributed by atoms with Crippen LogP contribution in [0.4, 0.5) is 0 Å². The lowest BCUT2D eigenvalue weighted by Gasteiger charge is -2.16. The number of hydrogen-bond donors (Lipinski definition) is 1. The standard InChI is InChI=1S/C21H24N2O3/c1-3-8-21-22-18-10-5-6-11-19(18)23(21)13-16(25)14-26-20-12-7-4-9-17(20)15(2)24/h4-7,9-12,16,25H,3,8,13-14H2,1-2H3/t16-/m1/s1. The molecule has 1 atom stereocenters. The van der Waals surface area contributed by atoms with Crippen molar-refractivity contribution in [2.75, 3.05) is 6.61 Å². The number of hydrogen-bond acceptors (Lipinski definition) is 4. The van der Waals surface area contributed by atoms with E-state index >= 15 is 0 Å². The van der Waals surface area contributed by atoms with Crippen molar-refractivity contribution in [3.05, 3.63) is 59.9 Å². The number of aliphatic hydroxyl groups is 1. The first kappa shape index (κ1) is 18.1. The van der Waals surface area contributed by atoms with Gasteiger partial charge < -0.3 is 14.4 Å². The van der Waals surface area contributed by atoms with Gasteiger partial charge in [-0.3, -0.25) is 4.79 Å². The Labute approximate surface area is 153 Å². The fourth-order valence-electron chi connectivity index (χ4n) is 3.08. The molecular formula is C21H24N2O3. The average molecular weight is 352 g/mol. The van der Waals surface area contributed by atoms with Crippen LogP contribution in [-0.4, -0.2) is 33.2 Å². The van der Waals surface area contributed by atoms with Gasteiger partial charge in [-0.25, -0.2) is 4.98 Å². The number of rotatable bonds is 8. The van der Waals surface area contributed by atoms with Crippen molar-refractivity contribution < 1.29 is 14.6 Å². The highest BCUT2D eigenvalue weighted by molar-refractivity contribution is 5.96. The van der Waals surface area contributed by atoms with Crippen LogP contribution in [0.25, 0.3) is 11.0 Å². The maximum Gasteiger partial charge on any atom is 0.163 e. The highest BCUT2D eigenvalue weighted by Gasteiger charge is 2.15. The quantitative estimate of drug-likeness (QED) is 0.629. The van der Waals surface area contributed by atoms with Crippen LogP contribution < -0.4 is 4.74 Å². The lowest BCUT2D eigenvalue weighted by molar-refractivity contribution is 0.0898. The van der Waals surface area contributed by atoms with Gasteiger partial charge in [0.15, 0.2) is 5.78 Å². The first-order valence-corrected chi connectivity index (χ1v) is 8.95. The number of aliphatic hydroxyl groups excluding tert-OH is 1. The number of fused-ring (bicyclic) bond motifs is 1. The number of benzene rings is 2. The topological polar surface area (TPSA) is 64.3 Å². The van der Waals surface area contributed by atoms with Crippen LogP contribution in [0.5, 0.6) is 5.75 Å². The zero-order valence-electron chi connectivity index (χ0n) is 15.2. The van der Waals surface area contributed by atoms with Crippen molar-refractivity contribution in [3.8, 4) is 5.75 Å². The SMILES string of the molecule is CCCc1nc2ccccc2n1C[C@@H](O)COc1ccccc1C(C)=O. The Morgan fingerprint density at radius 3 is 2.69 bits per heavy atom. The molecule has 0 aliphatic heterocycles. The van der Waals surface area contributed by atoms with E-state index in [4.69, 9.17) is 4.74 Å². The van der Waals surface area contributed by atoms with Crippen LogP contribution in [0.3, 0.4) is 0 Å². The molecule has 0 saturated carbocycles. The normalized spacial score (nSPS) is 12.3. The van der Waals surface area contributed by atoms with Crippen molar-refractivity contribution in [1.29, 1.82) is 0 Å². The summed E-state index contributed by atoms with van der Waals surface area (Å²) >= 11 is 0. The summed E-state index contributed by atoms with van der Waals surface area (Å²) in [5.41, 5.74) is 2.48. The molecule has 0 saturated heterocycles. The van der Waals surface area contributed by atoms with E-state index in [1.807, 2.05) is 30.3 Å². The number of aromatic nitrogens is 2. The fraction of sp³-hybridized carbons (Fsp3) is 0.333. The van der Waals surface area contributed by atoms with Gasteiger partial charge in [0.1, 0.15) is 24.3 Å². The summed E-state index contributed by atoms with van der Waals surface area (Å²) in [5, 5.41) is 10.5. The number of ketones is 1. The predicted molar refractivity (Wildman–Crippen MR) is 102 cm³/mol. The van der Waals surface area contributed by atoms with Gasteiger partial charge in [-0.05, 0) is 37.6 Å². The molecule has 3 aromatic rings. The van der Waals surface area contributed by atoms with E-state index in [2.05, 4.69) is 16.5 Å². The summed E-state index contributed by atoms with van der Waals surface area (Å²) < 4.78 is 7.78. The highest BCUT2D eigenvalue weighted by atomic mass is 16.5. The molecule has 0 fully saturated rings. The lowest BCUT2D eigenvalue weighted by Crippen LogP contribution is -2.25. The van der Waals surface area contributed by atoms with Crippen molar-refractivity contribution in [2.24, 2.45) is 0 Å². The molecule has 26 heavy (non-hydrogen) atoms. The van der Waals surface area contributed by atoms with Crippen LogP contribution in [0.15, 0.2) is 48.5 Å². The molecule has 3 rings (SSSR count). The van der Waals surface area contributed by atoms with E-state index in [1.165, 1.54) is 6.92 Å². The Hall–Kier alpha value is -2.66. The molecule has 0 radical (unpaired) electrons. The number of para-hydroxylation sites is 3. The molecule has 0 aliphatic carbocycles. The number of carbonyl (C=O) groups excluding carboxylic acids is 1. The van der Waals surface area contributed by atoms with Crippen LogP contribution in [-0.2, 0) is 13.0 Å². The fourth-order valence-corrected chi connectivity index (χ4v) is 3.08. The maximum atomic E-state index is 11.7. The Balaban J connectivity index is 1.74. The van der Waals surface area contributed by atoms with Crippen molar-refractivity contribution in [1.82, 2.24) is 9.55 Å². The lowest BCUT2D eigenvalue weighted by atomic mass is 10.1. The predicted octanol–water partition coefficient (Wildman–Crippen LogP) is 3.63. The summed E-state index contributed by atoms with van der Waals surface area (Å²) in [6.45, 7) is 4.13. The van der Waals surface area contributed by atoms with Gasteiger partial charge in [-0.1, -0.05) is 31.2 Å². The van der Waals surface area contributed by atoms with Gasteiger partial charge in [-0.15, -0.1) is 0 Å². The minimum atomic E-state index is -0.705. The van der Waals surface area contributed by atoms with Crippen molar-refractivity contribution in [3.63, 3.8) is 0 Å². The number of aryl methyl sites for hydroxylation is 1. The summed E-state index contributed by atoms with van der Waals surface area (Å²) in [6.07, 6.45) is 1.14. The van der Waals surface area contributed by atoms with E-state index in [9.17, 15) is 9.90 Å². The molecule has 2 aromatic carbocycles. The summed E-state index contributed by atoms with van der Waals surface area (Å²) in [6, 6.07) is 15.0. The molecule has 1 N–H and O–H groups in total.